The number of nitrogens with two attached hydrogens (primary N) is 1. The van der Waals surface area contributed by atoms with E-state index in [0.29, 0.717) is 13.0 Å². The van der Waals surface area contributed by atoms with Crippen LogP contribution in [-0.2, 0) is 17.8 Å². The van der Waals surface area contributed by atoms with Crippen LogP contribution in [0.3, 0.4) is 0 Å². The number of anilines is 1. The molecule has 1 aliphatic heterocycles. The molecule has 0 amide bonds. The molecule has 0 fully saturated rings. The lowest BCUT2D eigenvalue weighted by Crippen LogP contribution is -2.43. The Balaban J connectivity index is 2.21. The molecule has 92 valence electrons. The zero-order valence-electron chi connectivity index (χ0n) is 10.0. The molecular weight excluding hydrogens is 216 g/mol. The van der Waals surface area contributed by atoms with Gasteiger partial charge in [-0.05, 0) is 30.0 Å². The maximum absolute atomic E-state index is 11.1. The largest absolute Gasteiger partial charge is 0.480 e. The van der Waals surface area contributed by atoms with Gasteiger partial charge in [0.05, 0.1) is 0 Å². The molecule has 1 heterocycles. The Hall–Kier alpha value is -1.55. The lowest BCUT2D eigenvalue weighted by atomic mass is 9.96. The van der Waals surface area contributed by atoms with Gasteiger partial charge >= 0.3 is 5.97 Å². The first-order chi connectivity index (χ1) is 8.13. The highest BCUT2D eigenvalue weighted by Crippen LogP contribution is 2.25. The van der Waals surface area contributed by atoms with E-state index in [2.05, 4.69) is 0 Å². The highest BCUT2D eigenvalue weighted by molar-refractivity contribution is 5.73. The van der Waals surface area contributed by atoms with Gasteiger partial charge in [-0.1, -0.05) is 19.1 Å². The van der Waals surface area contributed by atoms with Gasteiger partial charge in [0.15, 0.2) is 0 Å². The van der Waals surface area contributed by atoms with E-state index in [-0.39, 0.29) is 6.04 Å². The molecule has 0 aliphatic carbocycles. The van der Waals surface area contributed by atoms with Crippen molar-refractivity contribution < 1.29 is 9.90 Å². The summed E-state index contributed by atoms with van der Waals surface area (Å²) < 4.78 is 0. The minimum absolute atomic E-state index is 0.385. The van der Waals surface area contributed by atoms with E-state index in [1.807, 2.05) is 30.0 Å². The van der Waals surface area contributed by atoms with E-state index < -0.39 is 5.97 Å². The molecule has 0 aromatic heterocycles. The third kappa shape index (κ3) is 2.26. The van der Waals surface area contributed by atoms with E-state index in [0.717, 1.165) is 24.2 Å². The number of rotatable bonds is 3. The fraction of sp³-hybridized carbons (Fsp3) is 0.462. The number of carboxylic acid groups (broad SMARTS) is 1. The van der Waals surface area contributed by atoms with Crippen LogP contribution in [-0.4, -0.2) is 28.6 Å². The molecule has 4 heteroatoms. The molecule has 0 radical (unpaired) electrons. The summed E-state index contributed by atoms with van der Waals surface area (Å²) in [6.45, 7) is 3.37. The Kier molecular flexibility index (Phi) is 3.33. The number of carbonyl (C=O) groups is 1. The molecular formula is C13H18N2O2. The van der Waals surface area contributed by atoms with Gasteiger partial charge in [-0.2, -0.15) is 0 Å². The van der Waals surface area contributed by atoms with Crippen molar-refractivity contribution in [1.82, 2.24) is 4.90 Å². The van der Waals surface area contributed by atoms with Crippen LogP contribution < -0.4 is 5.73 Å². The van der Waals surface area contributed by atoms with Gasteiger partial charge in [-0.3, -0.25) is 9.69 Å². The lowest BCUT2D eigenvalue weighted by molar-refractivity contribution is -0.143. The average molecular weight is 234 g/mol. The van der Waals surface area contributed by atoms with Gasteiger partial charge in [-0.15, -0.1) is 0 Å². The molecule has 3 N–H and O–H groups in total. The maximum atomic E-state index is 11.1. The van der Waals surface area contributed by atoms with E-state index in [1.165, 1.54) is 5.56 Å². The fourth-order valence-electron chi connectivity index (χ4n) is 2.52. The van der Waals surface area contributed by atoms with Gasteiger partial charge in [-0.25, -0.2) is 0 Å². The molecule has 1 atom stereocenters. The van der Waals surface area contributed by atoms with Gasteiger partial charge in [0.1, 0.15) is 6.04 Å². The van der Waals surface area contributed by atoms with Crippen molar-refractivity contribution >= 4 is 11.7 Å². The van der Waals surface area contributed by atoms with Crippen LogP contribution in [0.15, 0.2) is 18.2 Å². The molecule has 0 spiro atoms. The standard InChI is InChI=1S/C13H18N2O2/c1-2-12(13(16)17)15-7-6-10-9(8-15)4-3-5-11(10)14/h3-5,12H,2,6-8,14H2,1H3,(H,16,17). The predicted octanol–water partition coefficient (Wildman–Crippen LogP) is 1.49. The molecule has 1 aromatic carbocycles. The number of fused-ring (bicyclic) bond motifs is 1. The molecule has 4 nitrogen and oxygen atoms in total. The molecule has 1 unspecified atom stereocenters. The first-order valence-corrected chi connectivity index (χ1v) is 5.96. The SMILES string of the molecule is CCC(C(=O)O)N1CCc2c(N)cccc2C1. The van der Waals surface area contributed by atoms with Crippen LogP contribution in [0.2, 0.25) is 0 Å². The van der Waals surface area contributed by atoms with Crippen LogP contribution in [0, 0.1) is 0 Å². The van der Waals surface area contributed by atoms with Gasteiger partial charge < -0.3 is 10.8 Å². The molecule has 1 aromatic rings. The number of aliphatic carboxylic acids is 1. The third-order valence-corrected chi connectivity index (χ3v) is 3.44. The van der Waals surface area contributed by atoms with E-state index >= 15 is 0 Å². The van der Waals surface area contributed by atoms with Crippen molar-refractivity contribution in [2.24, 2.45) is 0 Å². The Bertz CT molecular complexity index is 431. The summed E-state index contributed by atoms with van der Waals surface area (Å²) in [5.74, 6) is -0.736. The fourth-order valence-corrected chi connectivity index (χ4v) is 2.52. The van der Waals surface area contributed by atoms with Crippen LogP contribution in [0.4, 0.5) is 5.69 Å². The van der Waals surface area contributed by atoms with Crippen LogP contribution in [0.5, 0.6) is 0 Å². The number of nitrogens with zero attached hydrogens (tertiary/aromatic N) is 1. The highest BCUT2D eigenvalue weighted by atomic mass is 16.4. The van der Waals surface area contributed by atoms with Gasteiger partial charge in [0.2, 0.25) is 0 Å². The first-order valence-electron chi connectivity index (χ1n) is 5.96. The normalized spacial score (nSPS) is 17.5. The summed E-state index contributed by atoms with van der Waals surface area (Å²) in [4.78, 5) is 13.2. The summed E-state index contributed by atoms with van der Waals surface area (Å²) in [7, 11) is 0. The molecule has 1 aliphatic rings. The predicted molar refractivity (Wildman–Crippen MR) is 66.7 cm³/mol. The van der Waals surface area contributed by atoms with Gasteiger partial charge in [0.25, 0.3) is 0 Å². The summed E-state index contributed by atoms with van der Waals surface area (Å²) in [6, 6.07) is 5.49. The Morgan fingerprint density at radius 1 is 1.59 bits per heavy atom. The minimum atomic E-state index is -0.736. The lowest BCUT2D eigenvalue weighted by Gasteiger charge is -2.33. The third-order valence-electron chi connectivity index (χ3n) is 3.44. The summed E-state index contributed by atoms with van der Waals surface area (Å²) in [5.41, 5.74) is 9.09. The zero-order valence-corrected chi connectivity index (χ0v) is 10.0. The second-order valence-corrected chi connectivity index (χ2v) is 4.47. The van der Waals surface area contributed by atoms with Crippen molar-refractivity contribution in [2.75, 3.05) is 12.3 Å². The van der Waals surface area contributed by atoms with Crippen molar-refractivity contribution in [3.63, 3.8) is 0 Å². The maximum Gasteiger partial charge on any atom is 0.320 e. The molecule has 2 rings (SSSR count). The van der Waals surface area contributed by atoms with E-state index in [1.54, 1.807) is 0 Å². The van der Waals surface area contributed by atoms with Crippen molar-refractivity contribution in [2.45, 2.75) is 32.4 Å². The Morgan fingerprint density at radius 2 is 2.35 bits per heavy atom. The summed E-state index contributed by atoms with van der Waals surface area (Å²) in [5, 5.41) is 9.16. The number of benzene rings is 1. The zero-order chi connectivity index (χ0) is 12.4. The number of carboxylic acids is 1. The van der Waals surface area contributed by atoms with E-state index in [9.17, 15) is 4.79 Å². The first kappa shape index (κ1) is 11.9. The summed E-state index contributed by atoms with van der Waals surface area (Å²) >= 11 is 0. The van der Waals surface area contributed by atoms with Crippen molar-refractivity contribution in [3.05, 3.63) is 29.3 Å². The minimum Gasteiger partial charge on any atom is -0.480 e. The Morgan fingerprint density at radius 3 is 3.00 bits per heavy atom. The molecule has 0 saturated carbocycles. The van der Waals surface area contributed by atoms with Gasteiger partial charge in [0, 0.05) is 18.8 Å². The average Bonchev–Trinajstić information content (AvgIpc) is 2.29. The molecule has 17 heavy (non-hydrogen) atoms. The number of nitrogen functional groups attached to an aromatic ring is 1. The number of hydrogen-bond acceptors (Lipinski definition) is 3. The quantitative estimate of drug-likeness (QED) is 0.778. The molecule has 0 saturated heterocycles. The second kappa shape index (κ2) is 4.75. The van der Waals surface area contributed by atoms with Crippen LogP contribution in [0.1, 0.15) is 24.5 Å². The van der Waals surface area contributed by atoms with Crippen molar-refractivity contribution in [3.8, 4) is 0 Å². The number of hydrogen-bond donors (Lipinski definition) is 2. The summed E-state index contributed by atoms with van der Waals surface area (Å²) in [6.07, 6.45) is 1.47. The topological polar surface area (TPSA) is 66.6 Å². The highest BCUT2D eigenvalue weighted by Gasteiger charge is 2.27. The van der Waals surface area contributed by atoms with Crippen LogP contribution in [0.25, 0.3) is 0 Å². The van der Waals surface area contributed by atoms with Crippen molar-refractivity contribution in [1.29, 1.82) is 0 Å². The monoisotopic (exact) mass is 234 g/mol. The second-order valence-electron chi connectivity index (χ2n) is 4.47. The molecule has 0 bridgehead atoms. The smallest absolute Gasteiger partial charge is 0.320 e. The van der Waals surface area contributed by atoms with Crippen LogP contribution >= 0.6 is 0 Å². The van der Waals surface area contributed by atoms with E-state index in [4.69, 9.17) is 10.8 Å². The Labute approximate surface area is 101 Å².